The van der Waals surface area contributed by atoms with Crippen molar-refractivity contribution in [3.05, 3.63) is 71.3 Å². The maximum absolute atomic E-state index is 13.5. The molecule has 2 aliphatic rings. The fourth-order valence-corrected chi connectivity index (χ4v) is 6.05. The SMILES string of the molecule is CC(C)(N)C(=O)NC(CSCc1ccccc1)C(=O)N1CCC2(CCc3ccccc32)CC1. The fraction of sp³-hybridized carbons (Fsp3) is 0.481. The van der Waals surface area contributed by atoms with Gasteiger partial charge in [0.25, 0.3) is 0 Å². The third kappa shape index (κ3) is 5.44. The van der Waals surface area contributed by atoms with Crippen molar-refractivity contribution in [2.45, 2.75) is 62.3 Å². The Bertz CT molecular complexity index is 978. The number of nitrogens with two attached hydrogens (primary N) is 1. The molecule has 1 heterocycles. The molecular formula is C27H35N3O2S. The highest BCUT2D eigenvalue weighted by molar-refractivity contribution is 7.98. The lowest BCUT2D eigenvalue weighted by Crippen LogP contribution is -2.58. The van der Waals surface area contributed by atoms with Gasteiger partial charge in [-0.1, -0.05) is 54.6 Å². The Hall–Kier alpha value is -2.31. The first-order valence-electron chi connectivity index (χ1n) is 11.9. The van der Waals surface area contributed by atoms with Crippen LogP contribution in [-0.4, -0.2) is 47.1 Å². The van der Waals surface area contributed by atoms with Crippen LogP contribution in [0.1, 0.15) is 49.8 Å². The van der Waals surface area contributed by atoms with E-state index in [-0.39, 0.29) is 17.2 Å². The molecule has 6 heteroatoms. The standard InChI is InChI=1S/C27H35N3O2S/c1-26(2,28)25(32)29-23(19-33-18-20-8-4-3-5-9-20)24(31)30-16-14-27(15-17-30)13-12-21-10-6-7-11-22(21)27/h3-11,23H,12-19,28H2,1-2H3,(H,29,32). The molecule has 1 atom stereocenters. The van der Waals surface area contributed by atoms with Crippen molar-refractivity contribution in [3.8, 4) is 0 Å². The van der Waals surface area contributed by atoms with Crippen LogP contribution in [-0.2, 0) is 27.2 Å². The molecule has 1 saturated heterocycles. The first kappa shape index (κ1) is 23.8. The number of hydrogen-bond acceptors (Lipinski definition) is 4. The molecule has 5 nitrogen and oxygen atoms in total. The van der Waals surface area contributed by atoms with E-state index in [0.29, 0.717) is 5.75 Å². The normalized spacial score (nSPS) is 18.1. The molecule has 1 aliphatic heterocycles. The number of piperidine rings is 1. The van der Waals surface area contributed by atoms with Gasteiger partial charge in [0.2, 0.25) is 11.8 Å². The average Bonchev–Trinajstić information content (AvgIpc) is 3.16. The Morgan fingerprint density at radius 1 is 1.06 bits per heavy atom. The Balaban J connectivity index is 1.40. The van der Waals surface area contributed by atoms with Gasteiger partial charge >= 0.3 is 0 Å². The molecule has 2 aromatic carbocycles. The number of carbonyl (C=O) groups is 2. The summed E-state index contributed by atoms with van der Waals surface area (Å²) in [4.78, 5) is 28.1. The third-order valence-corrected chi connectivity index (χ3v) is 8.19. The van der Waals surface area contributed by atoms with Gasteiger partial charge in [0.15, 0.2) is 0 Å². The predicted octanol–water partition coefficient (Wildman–Crippen LogP) is 3.65. The van der Waals surface area contributed by atoms with Gasteiger partial charge < -0.3 is 16.0 Å². The number of likely N-dealkylation sites (tertiary alicyclic amines) is 1. The summed E-state index contributed by atoms with van der Waals surface area (Å²) in [6.07, 6.45) is 4.26. The molecule has 1 aliphatic carbocycles. The minimum absolute atomic E-state index is 0.00861. The van der Waals surface area contributed by atoms with E-state index < -0.39 is 11.6 Å². The number of hydrogen-bond donors (Lipinski definition) is 2. The van der Waals surface area contributed by atoms with Crippen LogP contribution in [0.15, 0.2) is 54.6 Å². The van der Waals surface area contributed by atoms with Gasteiger partial charge in [-0.05, 0) is 61.6 Å². The highest BCUT2D eigenvalue weighted by atomic mass is 32.2. The van der Waals surface area contributed by atoms with E-state index in [1.807, 2.05) is 23.1 Å². The monoisotopic (exact) mass is 465 g/mol. The highest BCUT2D eigenvalue weighted by Crippen LogP contribution is 2.46. The number of amides is 2. The second kappa shape index (κ2) is 9.90. The van der Waals surface area contributed by atoms with Crippen LogP contribution >= 0.6 is 11.8 Å². The number of benzene rings is 2. The predicted molar refractivity (Wildman–Crippen MR) is 135 cm³/mol. The summed E-state index contributed by atoms with van der Waals surface area (Å²) in [5, 5.41) is 2.94. The molecule has 0 aromatic heterocycles. The lowest BCUT2D eigenvalue weighted by molar-refractivity contribution is -0.138. The van der Waals surface area contributed by atoms with E-state index >= 15 is 0 Å². The summed E-state index contributed by atoms with van der Waals surface area (Å²) in [6.45, 7) is 4.80. The van der Waals surface area contributed by atoms with Crippen LogP contribution < -0.4 is 11.1 Å². The number of fused-ring (bicyclic) bond motifs is 2. The van der Waals surface area contributed by atoms with Gasteiger partial charge in [-0.25, -0.2) is 0 Å². The first-order valence-corrected chi connectivity index (χ1v) is 13.0. The Labute approximate surface area is 201 Å². The van der Waals surface area contributed by atoms with Gasteiger partial charge in [-0.2, -0.15) is 11.8 Å². The Kier molecular flexibility index (Phi) is 7.15. The summed E-state index contributed by atoms with van der Waals surface area (Å²) in [6, 6.07) is 18.4. The molecular weight excluding hydrogens is 430 g/mol. The molecule has 0 saturated carbocycles. The third-order valence-electron chi connectivity index (χ3n) is 7.08. The smallest absolute Gasteiger partial charge is 0.246 e. The molecule has 4 rings (SSSR count). The van der Waals surface area contributed by atoms with E-state index in [2.05, 4.69) is 41.7 Å². The highest BCUT2D eigenvalue weighted by Gasteiger charge is 2.42. The maximum Gasteiger partial charge on any atom is 0.246 e. The number of nitrogens with zero attached hydrogens (tertiary/aromatic N) is 1. The van der Waals surface area contributed by atoms with Crippen LogP contribution in [0.25, 0.3) is 0 Å². The van der Waals surface area contributed by atoms with Crippen molar-refractivity contribution in [2.24, 2.45) is 5.73 Å². The summed E-state index contributed by atoms with van der Waals surface area (Å²) in [5.74, 6) is 1.04. The summed E-state index contributed by atoms with van der Waals surface area (Å²) in [7, 11) is 0. The zero-order valence-electron chi connectivity index (χ0n) is 19.7. The van der Waals surface area contributed by atoms with Crippen molar-refractivity contribution >= 4 is 23.6 Å². The van der Waals surface area contributed by atoms with E-state index in [9.17, 15) is 9.59 Å². The van der Waals surface area contributed by atoms with Gasteiger partial charge in [-0.15, -0.1) is 0 Å². The first-order chi connectivity index (χ1) is 15.8. The average molecular weight is 466 g/mol. The molecule has 33 heavy (non-hydrogen) atoms. The van der Waals surface area contributed by atoms with Gasteiger partial charge in [0.1, 0.15) is 6.04 Å². The van der Waals surface area contributed by atoms with E-state index in [4.69, 9.17) is 5.73 Å². The van der Waals surface area contributed by atoms with Crippen molar-refractivity contribution in [1.82, 2.24) is 10.2 Å². The molecule has 0 radical (unpaired) electrons. The lowest BCUT2D eigenvalue weighted by atomic mass is 9.74. The fourth-order valence-electron chi connectivity index (χ4n) is 5.05. The quantitative estimate of drug-likeness (QED) is 0.655. The summed E-state index contributed by atoms with van der Waals surface area (Å²) >= 11 is 1.67. The molecule has 1 spiro atoms. The van der Waals surface area contributed by atoms with Crippen molar-refractivity contribution in [1.29, 1.82) is 0 Å². The van der Waals surface area contributed by atoms with Crippen LogP contribution in [0, 0.1) is 0 Å². The van der Waals surface area contributed by atoms with Gasteiger partial charge in [0, 0.05) is 24.6 Å². The van der Waals surface area contributed by atoms with Crippen LogP contribution in [0.4, 0.5) is 0 Å². The zero-order chi connectivity index (χ0) is 23.5. The molecule has 1 fully saturated rings. The molecule has 0 bridgehead atoms. The minimum Gasteiger partial charge on any atom is -0.342 e. The van der Waals surface area contributed by atoms with Gasteiger partial charge in [0.05, 0.1) is 5.54 Å². The van der Waals surface area contributed by atoms with Crippen LogP contribution in [0.3, 0.4) is 0 Å². The van der Waals surface area contributed by atoms with Gasteiger partial charge in [-0.3, -0.25) is 9.59 Å². The summed E-state index contributed by atoms with van der Waals surface area (Å²) in [5.41, 5.74) is 9.33. The second-order valence-corrected chi connectivity index (χ2v) is 11.0. The molecule has 1 unspecified atom stereocenters. The molecule has 2 aromatic rings. The maximum atomic E-state index is 13.5. The summed E-state index contributed by atoms with van der Waals surface area (Å²) < 4.78 is 0. The minimum atomic E-state index is -1.03. The molecule has 3 N–H and O–H groups in total. The number of thioether (sulfide) groups is 1. The van der Waals surface area contributed by atoms with Crippen molar-refractivity contribution in [3.63, 3.8) is 0 Å². The van der Waals surface area contributed by atoms with E-state index in [1.54, 1.807) is 25.6 Å². The van der Waals surface area contributed by atoms with E-state index in [0.717, 1.165) is 38.1 Å². The zero-order valence-corrected chi connectivity index (χ0v) is 20.5. The number of rotatable bonds is 7. The number of nitrogens with one attached hydrogen (secondary N) is 1. The van der Waals surface area contributed by atoms with Crippen molar-refractivity contribution < 1.29 is 9.59 Å². The largest absolute Gasteiger partial charge is 0.342 e. The molecule has 2 amide bonds. The topological polar surface area (TPSA) is 75.4 Å². The van der Waals surface area contributed by atoms with Crippen LogP contribution in [0.5, 0.6) is 0 Å². The van der Waals surface area contributed by atoms with Crippen LogP contribution in [0.2, 0.25) is 0 Å². The Morgan fingerprint density at radius 3 is 2.42 bits per heavy atom. The second-order valence-electron chi connectivity index (χ2n) is 10.0. The number of carbonyl (C=O) groups excluding carboxylic acids is 2. The van der Waals surface area contributed by atoms with Crippen molar-refractivity contribution in [2.75, 3.05) is 18.8 Å². The number of aryl methyl sites for hydroxylation is 1. The molecule has 176 valence electrons. The Morgan fingerprint density at radius 2 is 1.73 bits per heavy atom. The lowest BCUT2D eigenvalue weighted by Gasteiger charge is -2.41. The van der Waals surface area contributed by atoms with E-state index in [1.165, 1.54) is 23.1 Å².